The first-order valence-electron chi connectivity index (χ1n) is 15.8. The summed E-state index contributed by atoms with van der Waals surface area (Å²) in [6.07, 6.45) is 1.99. The molecule has 3 aliphatic heterocycles. The molecule has 0 amide bonds. The van der Waals surface area contributed by atoms with Gasteiger partial charge in [0.15, 0.2) is 0 Å². The van der Waals surface area contributed by atoms with Crippen molar-refractivity contribution < 1.29 is 24.1 Å². The van der Waals surface area contributed by atoms with E-state index in [-0.39, 0.29) is 53.8 Å². The zero-order chi connectivity index (χ0) is 30.3. The minimum Gasteiger partial charge on any atom is -0.634 e. The van der Waals surface area contributed by atoms with Gasteiger partial charge in [-0.25, -0.2) is 9.98 Å². The molecule has 1 N–H and O–H groups in total. The minimum atomic E-state index is -1.01. The summed E-state index contributed by atoms with van der Waals surface area (Å²) in [5.74, 6) is 0.597. The number of benzene rings is 2. The van der Waals surface area contributed by atoms with E-state index in [2.05, 4.69) is 50.2 Å². The van der Waals surface area contributed by atoms with Gasteiger partial charge in [-0.2, -0.15) is 0 Å². The van der Waals surface area contributed by atoms with E-state index in [1.54, 1.807) is 0 Å². The summed E-state index contributed by atoms with van der Waals surface area (Å²) in [5.41, 5.74) is 2.74. The van der Waals surface area contributed by atoms with Crippen molar-refractivity contribution in [3.63, 3.8) is 0 Å². The largest absolute Gasteiger partial charge is 0.634 e. The third-order valence-corrected chi connectivity index (χ3v) is 10.5. The van der Waals surface area contributed by atoms with Crippen LogP contribution in [0.15, 0.2) is 58.5 Å². The van der Waals surface area contributed by atoms with E-state index in [4.69, 9.17) is 24.2 Å². The van der Waals surface area contributed by atoms with Crippen molar-refractivity contribution in [3.8, 4) is 0 Å². The number of hydrogen-bond acceptors (Lipinski definition) is 7. The molecule has 7 rings (SSSR count). The van der Waals surface area contributed by atoms with Gasteiger partial charge in [0.1, 0.15) is 35.8 Å². The standard InChI is InChI=1S/C35H43N3O5/c1-20(2)35(31-36-29-24-13-9-7-11-21(24)15-26(29)42-31,32-37-30-25-14-10-8-12-22(25)16-27(30)43-32)19-28(39)41-23-17-33(3,4)38(40)34(5,6)18-23/h7-14,20,23,26-27,29-30,38H,15-19H2,1-6H3/t26-,27-,29+,30+/m1/s1. The Morgan fingerprint density at radius 2 is 1.37 bits per heavy atom. The summed E-state index contributed by atoms with van der Waals surface area (Å²) in [4.78, 5) is 24.4. The predicted molar refractivity (Wildman–Crippen MR) is 164 cm³/mol. The number of ether oxygens (including phenoxy) is 3. The molecule has 8 nitrogen and oxygen atoms in total. The van der Waals surface area contributed by atoms with E-state index in [0.29, 0.717) is 24.6 Å². The second-order valence-corrected chi connectivity index (χ2v) is 14.8. The molecule has 3 heterocycles. The molecule has 2 aliphatic carbocycles. The summed E-state index contributed by atoms with van der Waals surface area (Å²) < 4.78 is 19.6. The molecule has 228 valence electrons. The molecule has 2 aromatic rings. The molecule has 1 fully saturated rings. The number of aliphatic imine (C=N–C) groups is 2. The third kappa shape index (κ3) is 4.51. The first kappa shape index (κ1) is 28.5. The van der Waals surface area contributed by atoms with E-state index in [0.717, 1.165) is 12.8 Å². The van der Waals surface area contributed by atoms with Crippen LogP contribution in [0.1, 0.15) is 95.1 Å². The van der Waals surface area contributed by atoms with E-state index >= 15 is 0 Å². The Kier molecular flexibility index (Phi) is 6.57. The molecule has 8 heteroatoms. The van der Waals surface area contributed by atoms with Crippen molar-refractivity contribution >= 4 is 17.8 Å². The molecule has 0 spiro atoms. The Morgan fingerprint density at radius 3 is 1.84 bits per heavy atom. The Balaban J connectivity index is 1.24. The van der Waals surface area contributed by atoms with Crippen LogP contribution in [0.3, 0.4) is 0 Å². The highest BCUT2D eigenvalue weighted by atomic mass is 16.6. The predicted octanol–water partition coefficient (Wildman–Crippen LogP) is 4.85. The fourth-order valence-electron chi connectivity index (χ4n) is 8.42. The van der Waals surface area contributed by atoms with Gasteiger partial charge in [0.05, 0.1) is 17.5 Å². The van der Waals surface area contributed by atoms with Crippen molar-refractivity contribution in [2.45, 2.75) is 115 Å². The topological polar surface area (TPSA) is 97.0 Å². The van der Waals surface area contributed by atoms with Crippen LogP contribution < -0.4 is 5.06 Å². The SMILES string of the molecule is CC(C)C(CC(=O)OC1CC(C)(C)[NH+]([O-])C(C)(C)C1)(C1=N[C@H]2c3ccccc3C[C@H]2O1)C1=N[C@H]2c3ccccc3C[C@H]2O1. The van der Waals surface area contributed by atoms with Crippen LogP contribution in [0.5, 0.6) is 0 Å². The van der Waals surface area contributed by atoms with Crippen molar-refractivity contribution in [3.05, 3.63) is 76.0 Å². The zero-order valence-electron chi connectivity index (χ0n) is 26.1. The van der Waals surface area contributed by atoms with Crippen LogP contribution >= 0.6 is 0 Å². The lowest BCUT2D eigenvalue weighted by Gasteiger charge is -2.54. The van der Waals surface area contributed by atoms with Gasteiger partial charge in [-0.1, -0.05) is 62.4 Å². The number of piperidine rings is 1. The van der Waals surface area contributed by atoms with Crippen molar-refractivity contribution in [1.29, 1.82) is 0 Å². The van der Waals surface area contributed by atoms with E-state index < -0.39 is 16.5 Å². The van der Waals surface area contributed by atoms with Crippen LogP contribution in [-0.4, -0.2) is 47.2 Å². The Labute approximate surface area is 254 Å². The number of carbonyl (C=O) groups excluding carboxylic acids is 1. The number of esters is 1. The number of quaternary nitrogens is 1. The highest BCUT2D eigenvalue weighted by Crippen LogP contribution is 2.50. The van der Waals surface area contributed by atoms with Crippen molar-refractivity contribution in [2.75, 3.05) is 0 Å². The normalized spacial score (nSPS) is 31.3. The van der Waals surface area contributed by atoms with Gasteiger partial charge in [0.2, 0.25) is 11.8 Å². The maximum atomic E-state index is 14.0. The molecule has 43 heavy (non-hydrogen) atoms. The second-order valence-electron chi connectivity index (χ2n) is 14.8. The molecule has 0 saturated carbocycles. The summed E-state index contributed by atoms with van der Waals surface area (Å²) in [6.45, 7) is 12.0. The van der Waals surface area contributed by atoms with Gasteiger partial charge in [-0.15, -0.1) is 0 Å². The molecule has 0 aromatic heterocycles. The molecule has 0 unspecified atom stereocenters. The van der Waals surface area contributed by atoms with Crippen LogP contribution in [0.25, 0.3) is 0 Å². The first-order valence-corrected chi connectivity index (χ1v) is 15.8. The molecule has 4 atom stereocenters. The Bertz CT molecular complexity index is 1410. The first-order chi connectivity index (χ1) is 20.4. The molecule has 1 saturated heterocycles. The minimum absolute atomic E-state index is 0.00973. The summed E-state index contributed by atoms with van der Waals surface area (Å²) in [6, 6.07) is 16.5. The van der Waals surface area contributed by atoms with E-state index in [9.17, 15) is 10.0 Å². The maximum absolute atomic E-state index is 14.0. The number of fused-ring (bicyclic) bond motifs is 6. The lowest BCUT2D eigenvalue weighted by atomic mass is 9.73. The van der Waals surface area contributed by atoms with Crippen LogP contribution in [0, 0.1) is 16.5 Å². The monoisotopic (exact) mass is 585 g/mol. The smallest absolute Gasteiger partial charge is 0.307 e. The Hall–Kier alpha value is -3.23. The molecular weight excluding hydrogens is 542 g/mol. The fourth-order valence-corrected chi connectivity index (χ4v) is 8.42. The summed E-state index contributed by atoms with van der Waals surface area (Å²) in [7, 11) is 0. The number of nitrogens with one attached hydrogen (secondary N) is 1. The third-order valence-electron chi connectivity index (χ3n) is 10.5. The van der Waals surface area contributed by atoms with Gasteiger partial charge in [-0.05, 0) is 55.9 Å². The van der Waals surface area contributed by atoms with Crippen molar-refractivity contribution in [2.24, 2.45) is 21.3 Å². The molecule has 5 aliphatic rings. The van der Waals surface area contributed by atoms with Gasteiger partial charge in [-0.3, -0.25) is 4.79 Å². The maximum Gasteiger partial charge on any atom is 0.307 e. The fraction of sp³-hybridized carbons (Fsp3) is 0.571. The lowest BCUT2D eigenvalue weighted by Crippen LogP contribution is -3.23. The van der Waals surface area contributed by atoms with E-state index in [1.165, 1.54) is 22.3 Å². The van der Waals surface area contributed by atoms with Gasteiger partial charge in [0, 0.05) is 25.7 Å². The highest BCUT2D eigenvalue weighted by molar-refractivity contribution is 6.09. The summed E-state index contributed by atoms with van der Waals surface area (Å²) in [5, 5.41) is 13.2. The summed E-state index contributed by atoms with van der Waals surface area (Å²) >= 11 is 0. The highest BCUT2D eigenvalue weighted by Gasteiger charge is 2.58. The van der Waals surface area contributed by atoms with Gasteiger partial charge in [0.25, 0.3) is 0 Å². The van der Waals surface area contributed by atoms with Crippen LogP contribution in [0.2, 0.25) is 0 Å². The quantitative estimate of drug-likeness (QED) is 0.386. The molecule has 0 radical (unpaired) electrons. The average Bonchev–Trinajstić information content (AvgIpc) is 3.69. The molecule has 2 aromatic carbocycles. The number of rotatable bonds is 6. The number of hydrogen-bond donors (Lipinski definition) is 1. The van der Waals surface area contributed by atoms with Gasteiger partial charge < -0.3 is 24.5 Å². The lowest BCUT2D eigenvalue weighted by molar-refractivity contribution is -0.956. The molecular formula is C35H43N3O5. The zero-order valence-corrected chi connectivity index (χ0v) is 26.1. The Morgan fingerprint density at radius 1 is 0.907 bits per heavy atom. The van der Waals surface area contributed by atoms with E-state index in [1.807, 2.05) is 39.8 Å². The van der Waals surface area contributed by atoms with Gasteiger partial charge >= 0.3 is 5.97 Å². The molecule has 0 bridgehead atoms. The number of nitrogens with zero attached hydrogens (tertiary/aromatic N) is 2. The second kappa shape index (κ2) is 9.89. The number of carbonyl (C=O) groups is 1. The number of hydroxylamine groups is 2. The van der Waals surface area contributed by atoms with Crippen LogP contribution in [-0.2, 0) is 31.8 Å². The average molecular weight is 586 g/mol. The van der Waals surface area contributed by atoms with Crippen molar-refractivity contribution in [1.82, 2.24) is 0 Å². The van der Waals surface area contributed by atoms with Crippen LogP contribution in [0.4, 0.5) is 0 Å².